The summed E-state index contributed by atoms with van der Waals surface area (Å²) in [6.45, 7) is 3.55. The number of aliphatic carboxylic acids is 1. The van der Waals surface area contributed by atoms with E-state index in [9.17, 15) is 9.36 Å². The molecule has 0 saturated carbocycles. The minimum Gasteiger partial charge on any atom is -0.480 e. The molecule has 0 radical (unpaired) electrons. The van der Waals surface area contributed by atoms with Crippen LogP contribution in [0.2, 0.25) is 0 Å². The number of hydrogen-bond donors (Lipinski definition) is 3. The first-order valence-corrected chi connectivity index (χ1v) is 9.61. The van der Waals surface area contributed by atoms with Crippen LogP contribution >= 0.6 is 7.14 Å². The Morgan fingerprint density at radius 3 is 1.58 bits per heavy atom. The molecule has 0 bridgehead atoms. The van der Waals surface area contributed by atoms with Crippen LogP contribution < -0.4 is 22.1 Å². The topological polar surface area (TPSA) is 106 Å². The van der Waals surface area contributed by atoms with Crippen molar-refractivity contribution in [2.75, 3.05) is 6.29 Å². The number of rotatable bonds is 5. The van der Waals surface area contributed by atoms with Gasteiger partial charge < -0.3 is 21.1 Å². The van der Waals surface area contributed by atoms with Crippen LogP contribution in [0.3, 0.4) is 0 Å². The number of nitrogens with two attached hydrogens (primary N) is 2. The zero-order valence-corrected chi connectivity index (χ0v) is 14.9. The summed E-state index contributed by atoms with van der Waals surface area (Å²) in [5.41, 5.74) is 10.9. The number of carbonyl (C=O) groups is 1. The molecule has 24 heavy (non-hydrogen) atoms. The van der Waals surface area contributed by atoms with Gasteiger partial charge in [0.05, 0.1) is 6.29 Å². The van der Waals surface area contributed by atoms with Crippen LogP contribution in [0.15, 0.2) is 60.7 Å². The first-order valence-electron chi connectivity index (χ1n) is 7.71. The molecular formula is C18H25N2O3P. The van der Waals surface area contributed by atoms with E-state index in [4.69, 9.17) is 16.6 Å². The van der Waals surface area contributed by atoms with Crippen molar-refractivity contribution in [3.63, 3.8) is 0 Å². The summed E-state index contributed by atoms with van der Waals surface area (Å²) in [6, 6.07) is 18.2. The lowest BCUT2D eigenvalue weighted by atomic mass is 10.1. The van der Waals surface area contributed by atoms with Crippen LogP contribution in [0.1, 0.15) is 13.8 Å². The van der Waals surface area contributed by atoms with Crippen molar-refractivity contribution < 1.29 is 14.5 Å². The Balaban J connectivity index is 0.000000307. The molecular weight excluding hydrogens is 323 g/mol. The minimum absolute atomic E-state index is 0.0208. The van der Waals surface area contributed by atoms with E-state index >= 15 is 0 Å². The molecule has 0 fully saturated rings. The molecule has 2 aromatic rings. The third-order valence-corrected chi connectivity index (χ3v) is 6.39. The van der Waals surface area contributed by atoms with Crippen molar-refractivity contribution in [1.82, 2.24) is 0 Å². The van der Waals surface area contributed by atoms with Crippen molar-refractivity contribution in [1.29, 1.82) is 0 Å². The Bertz CT molecular complexity index is 632. The molecule has 0 aliphatic rings. The zero-order chi connectivity index (χ0) is 18.2. The molecule has 0 aliphatic carbocycles. The monoisotopic (exact) mass is 348 g/mol. The molecule has 6 heteroatoms. The third-order valence-electron chi connectivity index (χ3n) is 3.61. The molecule has 2 aromatic carbocycles. The Kier molecular flexibility index (Phi) is 7.86. The maximum Gasteiger partial charge on any atom is 0.320 e. The summed E-state index contributed by atoms with van der Waals surface area (Å²) in [6.07, 6.45) is 0.168. The predicted molar refractivity (Wildman–Crippen MR) is 99.3 cm³/mol. The van der Waals surface area contributed by atoms with Gasteiger partial charge in [-0.05, 0) is 5.92 Å². The molecule has 130 valence electrons. The van der Waals surface area contributed by atoms with E-state index in [0.29, 0.717) is 0 Å². The zero-order valence-electron chi connectivity index (χ0n) is 14.0. The summed E-state index contributed by atoms with van der Waals surface area (Å²) in [4.78, 5) is 10.0. The molecule has 0 amide bonds. The highest BCUT2D eigenvalue weighted by Crippen LogP contribution is 2.40. The van der Waals surface area contributed by atoms with Gasteiger partial charge in [-0.15, -0.1) is 0 Å². The first-order chi connectivity index (χ1) is 11.3. The molecule has 0 saturated heterocycles. The molecule has 5 N–H and O–H groups in total. The van der Waals surface area contributed by atoms with Gasteiger partial charge in [0.15, 0.2) is 7.14 Å². The lowest BCUT2D eigenvalue weighted by molar-refractivity contribution is -0.139. The van der Waals surface area contributed by atoms with Gasteiger partial charge in [-0.1, -0.05) is 74.5 Å². The van der Waals surface area contributed by atoms with E-state index in [1.807, 2.05) is 60.7 Å². The van der Waals surface area contributed by atoms with Gasteiger partial charge in [0, 0.05) is 10.6 Å². The smallest absolute Gasteiger partial charge is 0.320 e. The SMILES string of the molecule is CC(C)[C@H](N)C(=O)O.NCP(=O)(c1ccccc1)c1ccccc1. The average molecular weight is 348 g/mol. The normalized spacial score (nSPS) is 12.2. The van der Waals surface area contributed by atoms with E-state index in [2.05, 4.69) is 0 Å². The van der Waals surface area contributed by atoms with Gasteiger partial charge in [-0.2, -0.15) is 0 Å². The van der Waals surface area contributed by atoms with E-state index in [1.54, 1.807) is 13.8 Å². The molecule has 0 aromatic heterocycles. The second kappa shape index (κ2) is 9.38. The van der Waals surface area contributed by atoms with E-state index in [1.165, 1.54) is 0 Å². The minimum atomic E-state index is -2.63. The molecule has 0 unspecified atom stereocenters. The summed E-state index contributed by atoms with van der Waals surface area (Å²) in [7, 11) is -2.63. The van der Waals surface area contributed by atoms with Crippen molar-refractivity contribution in [2.24, 2.45) is 17.4 Å². The number of carboxylic acid groups (broad SMARTS) is 1. The van der Waals surface area contributed by atoms with E-state index in [0.717, 1.165) is 10.6 Å². The second-order valence-corrected chi connectivity index (χ2v) is 8.58. The van der Waals surface area contributed by atoms with E-state index < -0.39 is 19.2 Å². The molecule has 0 aliphatic heterocycles. The second-order valence-electron chi connectivity index (χ2n) is 5.70. The highest BCUT2D eigenvalue weighted by Gasteiger charge is 2.24. The summed E-state index contributed by atoms with van der Waals surface area (Å²) < 4.78 is 12.9. The standard InChI is InChI=1S/C13H14NOP.C5H11NO2/c14-11-16(15,12-7-3-1-4-8-12)13-9-5-2-6-10-13;1-3(2)4(6)5(7)8/h1-10H,11,14H2;3-4H,6H2,1-2H3,(H,7,8)/t;4-/m.0/s1. The van der Waals surface area contributed by atoms with Gasteiger partial charge in [0.2, 0.25) is 0 Å². The van der Waals surface area contributed by atoms with Crippen molar-refractivity contribution in [3.8, 4) is 0 Å². The highest BCUT2D eigenvalue weighted by atomic mass is 31.2. The van der Waals surface area contributed by atoms with Crippen LogP contribution in [-0.4, -0.2) is 23.4 Å². The van der Waals surface area contributed by atoms with Crippen LogP contribution in [0.5, 0.6) is 0 Å². The maximum atomic E-state index is 12.9. The Labute approximate surface area is 143 Å². The molecule has 5 nitrogen and oxygen atoms in total. The van der Waals surface area contributed by atoms with Gasteiger partial charge in [-0.3, -0.25) is 4.79 Å². The van der Waals surface area contributed by atoms with Crippen LogP contribution in [-0.2, 0) is 9.36 Å². The lowest BCUT2D eigenvalue weighted by Gasteiger charge is -2.16. The molecule has 0 heterocycles. The largest absolute Gasteiger partial charge is 0.480 e. The van der Waals surface area contributed by atoms with E-state index in [-0.39, 0.29) is 12.2 Å². The lowest BCUT2D eigenvalue weighted by Crippen LogP contribution is -2.34. The fraction of sp³-hybridized carbons (Fsp3) is 0.278. The number of hydrogen-bond acceptors (Lipinski definition) is 4. The van der Waals surface area contributed by atoms with Gasteiger partial charge in [-0.25, -0.2) is 0 Å². The highest BCUT2D eigenvalue weighted by molar-refractivity contribution is 7.78. The van der Waals surface area contributed by atoms with Crippen molar-refractivity contribution >= 4 is 23.7 Å². The fourth-order valence-electron chi connectivity index (χ4n) is 1.98. The van der Waals surface area contributed by atoms with Crippen LogP contribution in [0, 0.1) is 5.92 Å². The molecule has 0 spiro atoms. The molecule has 2 rings (SSSR count). The van der Waals surface area contributed by atoms with Crippen molar-refractivity contribution in [3.05, 3.63) is 60.7 Å². The number of benzene rings is 2. The van der Waals surface area contributed by atoms with Gasteiger partial charge in [0.25, 0.3) is 0 Å². The van der Waals surface area contributed by atoms with Gasteiger partial charge in [0.1, 0.15) is 6.04 Å². The first kappa shape index (κ1) is 20.1. The average Bonchev–Trinajstić information content (AvgIpc) is 2.62. The fourth-order valence-corrected chi connectivity index (χ4v) is 4.01. The third kappa shape index (κ3) is 5.31. The number of carboxylic acids is 1. The maximum absolute atomic E-state index is 12.9. The van der Waals surface area contributed by atoms with Crippen LogP contribution in [0.4, 0.5) is 0 Å². The predicted octanol–water partition coefficient (Wildman–Crippen LogP) is 1.97. The van der Waals surface area contributed by atoms with Crippen molar-refractivity contribution in [2.45, 2.75) is 19.9 Å². The summed E-state index contributed by atoms with van der Waals surface area (Å²) in [5.74, 6) is -0.910. The summed E-state index contributed by atoms with van der Waals surface area (Å²) in [5, 5.41) is 9.87. The quantitative estimate of drug-likeness (QED) is 0.716. The van der Waals surface area contributed by atoms with Gasteiger partial charge >= 0.3 is 5.97 Å². The van der Waals surface area contributed by atoms with Crippen LogP contribution in [0.25, 0.3) is 0 Å². The Morgan fingerprint density at radius 2 is 1.38 bits per heavy atom. The summed E-state index contributed by atoms with van der Waals surface area (Å²) >= 11 is 0. The Morgan fingerprint density at radius 1 is 1.00 bits per heavy atom. The Hall–Kier alpha value is -1.94. The molecule has 1 atom stereocenters.